The van der Waals surface area contributed by atoms with Gasteiger partial charge in [-0.3, -0.25) is 20.3 Å². The minimum atomic E-state index is -1.30. The van der Waals surface area contributed by atoms with Crippen LogP contribution in [-0.4, -0.2) is 47.0 Å². The van der Waals surface area contributed by atoms with Crippen molar-refractivity contribution in [3.05, 3.63) is 71.3 Å². The van der Waals surface area contributed by atoms with Crippen molar-refractivity contribution >= 4 is 23.7 Å². The van der Waals surface area contributed by atoms with Gasteiger partial charge in [0, 0.05) is 18.2 Å². The SMILES string of the molecule is CC(NC(=O)C(CCc1ccccc1)NC1CCCCC1)C(=O)NCc1ccc(C(=N)NC(=O)O)cc1. The number of carbonyl (C=O) groups excluding carboxylic acids is 2. The van der Waals surface area contributed by atoms with Gasteiger partial charge in [-0.25, -0.2) is 4.79 Å². The van der Waals surface area contributed by atoms with Gasteiger partial charge in [0.25, 0.3) is 0 Å². The van der Waals surface area contributed by atoms with E-state index in [1.807, 2.05) is 23.5 Å². The number of amides is 3. The summed E-state index contributed by atoms with van der Waals surface area (Å²) in [6, 6.07) is 16.0. The van der Waals surface area contributed by atoms with Crippen molar-refractivity contribution in [3.63, 3.8) is 0 Å². The Balaban J connectivity index is 1.52. The fraction of sp³-hybridized carbons (Fsp3) is 0.429. The van der Waals surface area contributed by atoms with Gasteiger partial charge < -0.3 is 21.1 Å². The van der Waals surface area contributed by atoms with Gasteiger partial charge >= 0.3 is 6.09 Å². The van der Waals surface area contributed by atoms with Crippen molar-refractivity contribution in [2.24, 2.45) is 0 Å². The number of hydrogen-bond donors (Lipinski definition) is 6. The topological polar surface area (TPSA) is 143 Å². The molecule has 3 rings (SSSR count). The van der Waals surface area contributed by atoms with E-state index >= 15 is 0 Å². The number of nitrogens with one attached hydrogen (secondary N) is 5. The Hall–Kier alpha value is -3.72. The average Bonchev–Trinajstić information content (AvgIpc) is 2.90. The molecule has 1 fully saturated rings. The van der Waals surface area contributed by atoms with Crippen molar-refractivity contribution in [3.8, 4) is 0 Å². The fourth-order valence-electron chi connectivity index (χ4n) is 4.49. The van der Waals surface area contributed by atoms with Crippen LogP contribution in [0.5, 0.6) is 0 Å². The molecule has 1 saturated carbocycles. The van der Waals surface area contributed by atoms with Crippen LogP contribution in [0.25, 0.3) is 0 Å². The second-order valence-electron chi connectivity index (χ2n) is 9.53. The van der Waals surface area contributed by atoms with E-state index in [-0.39, 0.29) is 30.2 Å². The first kappa shape index (κ1) is 27.9. The Morgan fingerprint density at radius 1 is 0.946 bits per heavy atom. The molecule has 2 unspecified atom stereocenters. The predicted molar refractivity (Wildman–Crippen MR) is 142 cm³/mol. The number of rotatable bonds is 11. The lowest BCUT2D eigenvalue weighted by Gasteiger charge is -2.29. The molecule has 0 bridgehead atoms. The largest absolute Gasteiger partial charge is 0.465 e. The first-order chi connectivity index (χ1) is 17.8. The van der Waals surface area contributed by atoms with Crippen molar-refractivity contribution in [1.29, 1.82) is 5.41 Å². The highest BCUT2D eigenvalue weighted by molar-refractivity contribution is 6.04. The third-order valence-electron chi connectivity index (χ3n) is 6.62. The smallest absolute Gasteiger partial charge is 0.410 e. The van der Waals surface area contributed by atoms with Crippen LogP contribution in [0.15, 0.2) is 54.6 Å². The van der Waals surface area contributed by atoms with Crippen LogP contribution in [0.1, 0.15) is 62.1 Å². The molecule has 6 N–H and O–H groups in total. The van der Waals surface area contributed by atoms with Crippen LogP contribution < -0.4 is 21.3 Å². The summed E-state index contributed by atoms with van der Waals surface area (Å²) in [6.07, 6.45) is 5.83. The molecule has 37 heavy (non-hydrogen) atoms. The second-order valence-corrected chi connectivity index (χ2v) is 9.53. The summed E-state index contributed by atoms with van der Waals surface area (Å²) in [5.74, 6) is -0.682. The van der Waals surface area contributed by atoms with Crippen molar-refractivity contribution in [2.45, 2.75) is 76.5 Å². The maximum Gasteiger partial charge on any atom is 0.410 e. The molecule has 0 aliphatic heterocycles. The summed E-state index contributed by atoms with van der Waals surface area (Å²) in [6.45, 7) is 1.92. The van der Waals surface area contributed by atoms with Crippen LogP contribution in [0.3, 0.4) is 0 Å². The molecule has 9 nitrogen and oxygen atoms in total. The molecule has 1 aliphatic rings. The van der Waals surface area contributed by atoms with Crippen LogP contribution >= 0.6 is 0 Å². The number of carbonyl (C=O) groups is 3. The normalized spacial score (nSPS) is 15.3. The number of benzene rings is 2. The van der Waals surface area contributed by atoms with Crippen LogP contribution in [0.4, 0.5) is 4.79 Å². The molecule has 0 spiro atoms. The Bertz CT molecular complexity index is 1050. The summed E-state index contributed by atoms with van der Waals surface area (Å²) in [4.78, 5) is 36.5. The maximum atomic E-state index is 13.2. The minimum Gasteiger partial charge on any atom is -0.465 e. The highest BCUT2D eigenvalue weighted by Gasteiger charge is 2.26. The predicted octanol–water partition coefficient (Wildman–Crippen LogP) is 3.32. The minimum absolute atomic E-state index is 0.169. The Morgan fingerprint density at radius 2 is 1.62 bits per heavy atom. The number of amidine groups is 1. The zero-order valence-corrected chi connectivity index (χ0v) is 21.3. The maximum absolute atomic E-state index is 13.2. The highest BCUT2D eigenvalue weighted by Crippen LogP contribution is 2.19. The Labute approximate surface area is 217 Å². The van der Waals surface area contributed by atoms with E-state index in [1.54, 1.807) is 31.2 Å². The summed E-state index contributed by atoms with van der Waals surface area (Å²) >= 11 is 0. The zero-order chi connectivity index (χ0) is 26.6. The van der Waals surface area contributed by atoms with Crippen molar-refractivity contribution in [2.75, 3.05) is 0 Å². The van der Waals surface area contributed by atoms with E-state index in [0.717, 1.165) is 24.8 Å². The van der Waals surface area contributed by atoms with E-state index < -0.39 is 12.1 Å². The van der Waals surface area contributed by atoms with E-state index in [1.165, 1.54) is 24.8 Å². The van der Waals surface area contributed by atoms with Gasteiger partial charge in [0.2, 0.25) is 11.8 Å². The monoisotopic (exact) mass is 507 g/mol. The lowest BCUT2D eigenvalue weighted by atomic mass is 9.94. The molecule has 0 heterocycles. The highest BCUT2D eigenvalue weighted by atomic mass is 16.4. The van der Waals surface area contributed by atoms with E-state index in [0.29, 0.717) is 18.0 Å². The zero-order valence-electron chi connectivity index (χ0n) is 21.3. The van der Waals surface area contributed by atoms with E-state index in [4.69, 9.17) is 10.5 Å². The molecule has 1 aliphatic carbocycles. The molecule has 0 radical (unpaired) electrons. The molecule has 9 heteroatoms. The summed E-state index contributed by atoms with van der Waals surface area (Å²) in [5.41, 5.74) is 2.39. The molecule has 2 aromatic rings. The fourth-order valence-corrected chi connectivity index (χ4v) is 4.49. The van der Waals surface area contributed by atoms with Gasteiger partial charge in [-0.1, -0.05) is 73.9 Å². The van der Waals surface area contributed by atoms with E-state index in [9.17, 15) is 14.4 Å². The van der Waals surface area contributed by atoms with Gasteiger partial charge in [0.15, 0.2) is 0 Å². The van der Waals surface area contributed by atoms with Gasteiger partial charge in [0.05, 0.1) is 6.04 Å². The quantitative estimate of drug-likeness (QED) is 0.204. The van der Waals surface area contributed by atoms with Gasteiger partial charge in [-0.15, -0.1) is 0 Å². The van der Waals surface area contributed by atoms with Gasteiger partial charge in [-0.05, 0) is 43.7 Å². The van der Waals surface area contributed by atoms with Crippen LogP contribution in [0, 0.1) is 5.41 Å². The molecule has 198 valence electrons. The van der Waals surface area contributed by atoms with Crippen molar-refractivity contribution < 1.29 is 19.5 Å². The van der Waals surface area contributed by atoms with Crippen LogP contribution in [0.2, 0.25) is 0 Å². The number of hydrogen-bond acceptors (Lipinski definition) is 5. The number of carboxylic acid groups (broad SMARTS) is 1. The average molecular weight is 508 g/mol. The number of aryl methyl sites for hydroxylation is 1. The lowest BCUT2D eigenvalue weighted by molar-refractivity contribution is -0.130. The third-order valence-corrected chi connectivity index (χ3v) is 6.62. The van der Waals surface area contributed by atoms with E-state index in [2.05, 4.69) is 28.1 Å². The molecule has 0 saturated heterocycles. The molecule has 0 aromatic heterocycles. The third kappa shape index (κ3) is 9.34. The Morgan fingerprint density at radius 3 is 2.27 bits per heavy atom. The molecular weight excluding hydrogens is 470 g/mol. The summed E-state index contributed by atoms with van der Waals surface area (Å²) in [7, 11) is 0. The summed E-state index contributed by atoms with van der Waals surface area (Å²) in [5, 5.41) is 27.7. The standard InChI is InChI=1S/C28H37N5O4/c1-19(26(34)30-18-21-12-15-22(16-13-21)25(29)33-28(36)37)31-27(35)24(32-23-10-6-3-7-11-23)17-14-20-8-4-2-5-9-20/h2,4-5,8-9,12-13,15-16,19,23-24,32H,3,6-7,10-11,14,17-18H2,1H3,(H2,29,33)(H,30,34)(H,31,35)(H,36,37). The van der Waals surface area contributed by atoms with Crippen LogP contribution in [-0.2, 0) is 22.6 Å². The lowest BCUT2D eigenvalue weighted by Crippen LogP contribution is -2.53. The molecule has 2 atom stereocenters. The summed E-state index contributed by atoms with van der Waals surface area (Å²) < 4.78 is 0. The first-order valence-corrected chi connectivity index (χ1v) is 12.9. The molecular formula is C28H37N5O4. The second kappa shape index (κ2) is 14.1. The first-order valence-electron chi connectivity index (χ1n) is 12.9. The van der Waals surface area contributed by atoms with Crippen molar-refractivity contribution in [1.82, 2.24) is 21.3 Å². The van der Waals surface area contributed by atoms with Gasteiger partial charge in [-0.2, -0.15) is 0 Å². The van der Waals surface area contributed by atoms with Gasteiger partial charge in [0.1, 0.15) is 11.9 Å². The molecule has 2 aromatic carbocycles. The Kier molecular flexibility index (Phi) is 10.6. The molecule has 3 amide bonds.